The fourth-order valence-corrected chi connectivity index (χ4v) is 1.98. The molecule has 5 nitrogen and oxygen atoms in total. The van der Waals surface area contributed by atoms with Crippen LogP contribution in [0.5, 0.6) is 5.75 Å². The lowest BCUT2D eigenvalue weighted by Crippen LogP contribution is -2.50. The van der Waals surface area contributed by atoms with E-state index < -0.39 is 0 Å². The summed E-state index contributed by atoms with van der Waals surface area (Å²) in [4.78, 5) is 15.4. The number of aliphatic hydroxyl groups is 1. The highest BCUT2D eigenvalue weighted by molar-refractivity contribution is 5.92. The molecule has 0 spiro atoms. The summed E-state index contributed by atoms with van der Waals surface area (Å²) in [7, 11) is 0. The Kier molecular flexibility index (Phi) is 3.49. The zero-order chi connectivity index (χ0) is 12.3. The third-order valence-electron chi connectivity index (χ3n) is 2.84. The lowest BCUT2D eigenvalue weighted by atomic mass is 10.2. The molecule has 1 saturated heterocycles. The fraction of sp³-hybridized carbons (Fsp3) is 0.417. The van der Waals surface area contributed by atoms with E-state index in [1.807, 2.05) is 0 Å². The maximum atomic E-state index is 12.1. The number of anilines is 1. The normalized spacial score (nSPS) is 16.4. The summed E-state index contributed by atoms with van der Waals surface area (Å²) in [6.45, 7) is 1.71. The number of phenols is 1. The van der Waals surface area contributed by atoms with Crippen molar-refractivity contribution < 1.29 is 15.0 Å². The lowest BCUT2D eigenvalue weighted by Gasteiger charge is -2.35. The highest BCUT2D eigenvalue weighted by Gasteiger charge is 2.25. The topological polar surface area (TPSA) is 64.0 Å². The van der Waals surface area contributed by atoms with Gasteiger partial charge in [-0.1, -0.05) is 0 Å². The molecule has 2 rings (SSSR count). The van der Waals surface area contributed by atoms with Gasteiger partial charge in [-0.05, 0) is 30.7 Å². The van der Waals surface area contributed by atoms with Crippen LogP contribution in [0.3, 0.4) is 0 Å². The second-order valence-electron chi connectivity index (χ2n) is 4.01. The Labute approximate surface area is 99.9 Å². The number of rotatable bonds is 3. The smallest absolute Gasteiger partial charge is 0.324 e. The number of aromatic hydroxyl groups is 1. The number of nitrogens with zero attached hydrogens (tertiary/aromatic N) is 2. The third kappa shape index (κ3) is 2.50. The number of hydrogen-bond donors (Lipinski definition) is 2. The van der Waals surface area contributed by atoms with Gasteiger partial charge in [-0.3, -0.25) is 4.90 Å². The standard InChI is InChI=1S/C12H16N2O3/c15-9-8-13-6-1-7-14(12(13)17)10-2-4-11(16)5-3-10/h2-5,15-16H,1,6-9H2. The highest BCUT2D eigenvalue weighted by atomic mass is 16.3. The highest BCUT2D eigenvalue weighted by Crippen LogP contribution is 2.22. The van der Waals surface area contributed by atoms with Gasteiger partial charge in [-0.2, -0.15) is 0 Å². The van der Waals surface area contributed by atoms with E-state index >= 15 is 0 Å². The van der Waals surface area contributed by atoms with Crippen LogP contribution < -0.4 is 4.90 Å². The number of carbonyl (C=O) groups is 1. The van der Waals surface area contributed by atoms with Crippen LogP contribution in [-0.2, 0) is 0 Å². The quantitative estimate of drug-likeness (QED) is 0.823. The molecule has 0 aromatic heterocycles. The van der Waals surface area contributed by atoms with Gasteiger partial charge in [0, 0.05) is 25.3 Å². The molecule has 0 unspecified atom stereocenters. The van der Waals surface area contributed by atoms with Gasteiger partial charge in [0.15, 0.2) is 0 Å². The molecule has 2 amide bonds. The first kappa shape index (κ1) is 11.7. The van der Waals surface area contributed by atoms with E-state index in [9.17, 15) is 9.90 Å². The van der Waals surface area contributed by atoms with Crippen LogP contribution in [0.4, 0.5) is 10.5 Å². The molecule has 0 radical (unpaired) electrons. The number of β-amino-alcohol motifs (C(OH)–C–C–N with tert-alkyl or cyclic N) is 1. The monoisotopic (exact) mass is 236 g/mol. The van der Waals surface area contributed by atoms with E-state index in [1.165, 1.54) is 0 Å². The Hall–Kier alpha value is -1.75. The van der Waals surface area contributed by atoms with Gasteiger partial charge in [0.1, 0.15) is 5.75 Å². The number of amides is 2. The Bertz CT molecular complexity index is 389. The van der Waals surface area contributed by atoms with Crippen molar-refractivity contribution in [1.82, 2.24) is 4.90 Å². The van der Waals surface area contributed by atoms with E-state index in [0.29, 0.717) is 19.6 Å². The third-order valence-corrected chi connectivity index (χ3v) is 2.84. The second-order valence-corrected chi connectivity index (χ2v) is 4.01. The van der Waals surface area contributed by atoms with E-state index in [1.54, 1.807) is 34.1 Å². The molecule has 0 bridgehead atoms. The summed E-state index contributed by atoms with van der Waals surface area (Å²) in [6.07, 6.45) is 0.882. The molecule has 1 aliphatic heterocycles. The largest absolute Gasteiger partial charge is 0.508 e. The van der Waals surface area contributed by atoms with Crippen molar-refractivity contribution in [2.45, 2.75) is 6.42 Å². The molecule has 0 saturated carbocycles. The summed E-state index contributed by atoms with van der Waals surface area (Å²) >= 11 is 0. The Balaban J connectivity index is 2.14. The van der Waals surface area contributed by atoms with E-state index in [4.69, 9.17) is 5.11 Å². The van der Waals surface area contributed by atoms with E-state index in [-0.39, 0.29) is 18.4 Å². The van der Waals surface area contributed by atoms with Gasteiger partial charge in [-0.25, -0.2) is 4.79 Å². The molecule has 17 heavy (non-hydrogen) atoms. The summed E-state index contributed by atoms with van der Waals surface area (Å²) < 4.78 is 0. The van der Waals surface area contributed by atoms with Crippen LogP contribution in [0.15, 0.2) is 24.3 Å². The Morgan fingerprint density at radius 3 is 2.53 bits per heavy atom. The van der Waals surface area contributed by atoms with Crippen molar-refractivity contribution in [1.29, 1.82) is 0 Å². The van der Waals surface area contributed by atoms with Crippen LogP contribution in [0.2, 0.25) is 0 Å². The molecule has 1 fully saturated rings. The second kappa shape index (κ2) is 5.05. The van der Waals surface area contributed by atoms with Gasteiger partial charge in [0.05, 0.1) is 6.61 Å². The number of hydrogen-bond acceptors (Lipinski definition) is 3. The Morgan fingerprint density at radius 1 is 1.18 bits per heavy atom. The molecular formula is C12H16N2O3. The summed E-state index contributed by atoms with van der Waals surface area (Å²) in [5, 5.41) is 18.1. The molecule has 5 heteroatoms. The minimum atomic E-state index is -0.0870. The minimum Gasteiger partial charge on any atom is -0.508 e. The molecular weight excluding hydrogens is 220 g/mol. The van der Waals surface area contributed by atoms with Crippen LogP contribution in [0, 0.1) is 0 Å². The molecule has 1 aromatic rings. The molecule has 1 aromatic carbocycles. The number of benzene rings is 1. The van der Waals surface area contributed by atoms with Crippen LogP contribution >= 0.6 is 0 Å². The van der Waals surface area contributed by atoms with Crippen molar-refractivity contribution >= 4 is 11.7 Å². The molecule has 92 valence electrons. The van der Waals surface area contributed by atoms with Crippen molar-refractivity contribution in [3.8, 4) is 5.75 Å². The molecule has 2 N–H and O–H groups in total. The van der Waals surface area contributed by atoms with Gasteiger partial charge in [-0.15, -0.1) is 0 Å². The van der Waals surface area contributed by atoms with Gasteiger partial charge >= 0.3 is 6.03 Å². The molecule has 1 heterocycles. The number of urea groups is 1. The van der Waals surface area contributed by atoms with E-state index in [2.05, 4.69) is 0 Å². The Morgan fingerprint density at radius 2 is 1.88 bits per heavy atom. The predicted octanol–water partition coefficient (Wildman–Crippen LogP) is 1.02. The minimum absolute atomic E-state index is 0.0187. The van der Waals surface area contributed by atoms with Gasteiger partial charge in [0.25, 0.3) is 0 Å². The average molecular weight is 236 g/mol. The van der Waals surface area contributed by atoms with Crippen LogP contribution in [0.1, 0.15) is 6.42 Å². The maximum absolute atomic E-state index is 12.1. The van der Waals surface area contributed by atoms with Gasteiger partial charge < -0.3 is 15.1 Å². The number of carbonyl (C=O) groups excluding carboxylic acids is 1. The maximum Gasteiger partial charge on any atom is 0.324 e. The fourth-order valence-electron chi connectivity index (χ4n) is 1.98. The molecule has 0 atom stereocenters. The molecule has 0 aliphatic carbocycles. The van der Waals surface area contributed by atoms with Crippen LogP contribution in [0.25, 0.3) is 0 Å². The van der Waals surface area contributed by atoms with Gasteiger partial charge in [0.2, 0.25) is 0 Å². The SMILES string of the molecule is O=C1N(CCO)CCCN1c1ccc(O)cc1. The first-order chi connectivity index (χ1) is 8.22. The van der Waals surface area contributed by atoms with Crippen molar-refractivity contribution in [3.63, 3.8) is 0 Å². The summed E-state index contributed by atoms with van der Waals surface area (Å²) in [5.41, 5.74) is 0.774. The number of phenolic OH excluding ortho intramolecular Hbond substituents is 1. The van der Waals surface area contributed by atoms with E-state index in [0.717, 1.165) is 12.1 Å². The first-order valence-corrected chi connectivity index (χ1v) is 5.68. The van der Waals surface area contributed by atoms with Crippen molar-refractivity contribution in [3.05, 3.63) is 24.3 Å². The van der Waals surface area contributed by atoms with Crippen molar-refractivity contribution in [2.75, 3.05) is 31.1 Å². The lowest BCUT2D eigenvalue weighted by molar-refractivity contribution is 0.174. The first-order valence-electron chi connectivity index (χ1n) is 5.68. The number of aliphatic hydroxyl groups excluding tert-OH is 1. The zero-order valence-corrected chi connectivity index (χ0v) is 9.54. The predicted molar refractivity (Wildman–Crippen MR) is 64.1 cm³/mol. The van der Waals surface area contributed by atoms with Crippen LogP contribution in [-0.4, -0.2) is 47.4 Å². The van der Waals surface area contributed by atoms with Crippen molar-refractivity contribution in [2.24, 2.45) is 0 Å². The average Bonchev–Trinajstić information content (AvgIpc) is 2.34. The summed E-state index contributed by atoms with van der Waals surface area (Å²) in [6, 6.07) is 6.48. The molecule has 1 aliphatic rings. The summed E-state index contributed by atoms with van der Waals surface area (Å²) in [5.74, 6) is 0.186. The zero-order valence-electron chi connectivity index (χ0n) is 9.54.